The minimum atomic E-state index is -0.133. The van der Waals surface area contributed by atoms with Crippen molar-refractivity contribution in [1.82, 2.24) is 0 Å². The number of rotatable bonds is 5. The van der Waals surface area contributed by atoms with Gasteiger partial charge < -0.3 is 4.90 Å². The maximum atomic E-state index is 2.46. The number of fused-ring (bicyclic) bond motifs is 6. The van der Waals surface area contributed by atoms with Crippen molar-refractivity contribution in [2.45, 2.75) is 35.3 Å². The van der Waals surface area contributed by atoms with Crippen LogP contribution in [0.1, 0.15) is 36.5 Å². The molecule has 0 radical (unpaired) electrons. The summed E-state index contributed by atoms with van der Waals surface area (Å²) in [6, 6.07) is 51.5. The summed E-state index contributed by atoms with van der Waals surface area (Å²) < 4.78 is 0. The topological polar surface area (TPSA) is 3.24 Å². The maximum Gasteiger partial charge on any atom is 0.0508 e. The molecular formula is C45H35NS. The smallest absolute Gasteiger partial charge is 0.0508 e. The van der Waals surface area contributed by atoms with Crippen LogP contribution in [0, 0.1) is 0 Å². The maximum absolute atomic E-state index is 2.46. The van der Waals surface area contributed by atoms with Gasteiger partial charge >= 0.3 is 0 Å². The third-order valence-corrected chi connectivity index (χ3v) is 11.6. The van der Waals surface area contributed by atoms with Gasteiger partial charge in [0.25, 0.3) is 0 Å². The Balaban J connectivity index is 1.17. The first-order valence-electron chi connectivity index (χ1n) is 16.5. The quantitative estimate of drug-likeness (QED) is 0.188. The van der Waals surface area contributed by atoms with Crippen LogP contribution in [0.3, 0.4) is 0 Å². The highest BCUT2D eigenvalue weighted by Gasteiger charge is 2.39. The first-order valence-corrected chi connectivity index (χ1v) is 17.4. The summed E-state index contributed by atoms with van der Waals surface area (Å²) in [4.78, 5) is 3.87. The van der Waals surface area contributed by atoms with Crippen molar-refractivity contribution in [3.63, 3.8) is 0 Å². The molecule has 0 amide bonds. The Morgan fingerprint density at radius 1 is 0.532 bits per heavy atom. The van der Waals surface area contributed by atoms with Gasteiger partial charge in [-0.05, 0) is 80.4 Å². The van der Waals surface area contributed by atoms with Gasteiger partial charge in [0, 0.05) is 32.9 Å². The molecule has 0 bridgehead atoms. The molecule has 0 N–H and O–H groups in total. The van der Waals surface area contributed by atoms with Crippen LogP contribution in [-0.2, 0) is 5.41 Å². The van der Waals surface area contributed by atoms with Crippen LogP contribution < -0.4 is 4.90 Å². The van der Waals surface area contributed by atoms with E-state index in [2.05, 4.69) is 183 Å². The predicted molar refractivity (Wildman–Crippen MR) is 200 cm³/mol. The van der Waals surface area contributed by atoms with Gasteiger partial charge in [0.1, 0.15) is 0 Å². The van der Waals surface area contributed by atoms with E-state index in [0.717, 1.165) is 11.4 Å². The number of hydrogen-bond donors (Lipinski definition) is 0. The summed E-state index contributed by atoms with van der Waals surface area (Å²) in [5.74, 6) is 0.459. The Hall–Kier alpha value is -5.05. The van der Waals surface area contributed by atoms with Crippen LogP contribution >= 0.6 is 11.8 Å². The standard InChI is InChI=1S/C45H35NS/c1-45(2)40-19-8-6-14-36(40)38-17-11-20-41(43(38)45)46(33-26-22-31(23-27-33)30-12-4-3-5-13-30)34-28-24-32(25-29-34)35-16-10-18-39-37-15-7-9-21-42(37)47-44(35)39/h3-29,37,42H,1-2H3. The summed E-state index contributed by atoms with van der Waals surface area (Å²) in [5, 5.41) is 0.484. The van der Waals surface area contributed by atoms with Gasteiger partial charge in [-0.15, -0.1) is 11.8 Å². The second-order valence-corrected chi connectivity index (χ2v) is 14.5. The van der Waals surface area contributed by atoms with Crippen molar-refractivity contribution in [2.24, 2.45) is 0 Å². The predicted octanol–water partition coefficient (Wildman–Crippen LogP) is 12.5. The van der Waals surface area contributed by atoms with Gasteiger partial charge in [-0.2, -0.15) is 0 Å². The highest BCUT2D eigenvalue weighted by molar-refractivity contribution is 8.00. The van der Waals surface area contributed by atoms with Crippen LogP contribution in [-0.4, -0.2) is 5.25 Å². The van der Waals surface area contributed by atoms with E-state index >= 15 is 0 Å². The summed E-state index contributed by atoms with van der Waals surface area (Å²) in [6.07, 6.45) is 9.09. The molecule has 0 saturated carbocycles. The SMILES string of the molecule is CC1(C)c2ccccc2-c2cccc(N(c3ccc(-c4ccccc4)cc3)c3ccc(-c4cccc5c4SC4C=CC=CC54)cc3)c21. The summed E-state index contributed by atoms with van der Waals surface area (Å²) in [6.45, 7) is 4.74. The largest absolute Gasteiger partial charge is 0.310 e. The molecule has 1 heterocycles. The van der Waals surface area contributed by atoms with Crippen molar-refractivity contribution >= 4 is 28.8 Å². The second kappa shape index (κ2) is 11.0. The fourth-order valence-electron chi connectivity index (χ4n) is 7.95. The van der Waals surface area contributed by atoms with Crippen molar-refractivity contribution in [2.75, 3.05) is 4.90 Å². The monoisotopic (exact) mass is 621 g/mol. The van der Waals surface area contributed by atoms with E-state index < -0.39 is 0 Å². The zero-order chi connectivity index (χ0) is 31.5. The molecule has 0 fully saturated rings. The molecule has 2 unspecified atom stereocenters. The van der Waals surface area contributed by atoms with Gasteiger partial charge in [-0.1, -0.05) is 147 Å². The molecule has 2 heteroatoms. The third kappa shape index (κ3) is 4.54. The summed E-state index contributed by atoms with van der Waals surface area (Å²) in [5.41, 5.74) is 15.3. The molecule has 226 valence electrons. The lowest BCUT2D eigenvalue weighted by atomic mass is 9.81. The minimum Gasteiger partial charge on any atom is -0.310 e. The number of nitrogens with zero attached hydrogens (tertiary/aromatic N) is 1. The Morgan fingerprint density at radius 3 is 1.94 bits per heavy atom. The number of allylic oxidation sites excluding steroid dienone is 3. The highest BCUT2D eigenvalue weighted by Crippen LogP contribution is 2.55. The zero-order valence-electron chi connectivity index (χ0n) is 26.6. The molecule has 47 heavy (non-hydrogen) atoms. The van der Waals surface area contributed by atoms with Gasteiger partial charge in [-0.25, -0.2) is 0 Å². The van der Waals surface area contributed by atoms with E-state index in [-0.39, 0.29) is 5.41 Å². The molecule has 6 aromatic carbocycles. The molecule has 2 atom stereocenters. The molecule has 9 rings (SSSR count). The molecule has 0 saturated heterocycles. The van der Waals surface area contributed by atoms with Crippen LogP contribution in [0.15, 0.2) is 169 Å². The normalized spacial score (nSPS) is 17.9. The second-order valence-electron chi connectivity index (χ2n) is 13.3. The Bertz CT molecular complexity index is 2190. The molecule has 3 aliphatic rings. The minimum absolute atomic E-state index is 0.133. The zero-order valence-corrected chi connectivity index (χ0v) is 27.4. The lowest BCUT2D eigenvalue weighted by Gasteiger charge is -2.32. The lowest BCUT2D eigenvalue weighted by molar-refractivity contribution is 0.661. The molecule has 2 aliphatic carbocycles. The van der Waals surface area contributed by atoms with Gasteiger partial charge in [0.15, 0.2) is 0 Å². The molecular weight excluding hydrogens is 587 g/mol. The average Bonchev–Trinajstić information content (AvgIpc) is 3.62. The molecule has 0 spiro atoms. The Kier molecular flexibility index (Phi) is 6.62. The van der Waals surface area contributed by atoms with Crippen molar-refractivity contribution in [3.8, 4) is 33.4 Å². The summed E-state index contributed by atoms with van der Waals surface area (Å²) >= 11 is 2.00. The van der Waals surface area contributed by atoms with E-state index in [1.165, 1.54) is 60.7 Å². The first kappa shape index (κ1) is 28.2. The van der Waals surface area contributed by atoms with Crippen molar-refractivity contribution in [3.05, 3.63) is 181 Å². The van der Waals surface area contributed by atoms with Crippen LogP contribution in [0.5, 0.6) is 0 Å². The number of hydrogen-bond acceptors (Lipinski definition) is 2. The fraction of sp³-hybridized carbons (Fsp3) is 0.111. The number of anilines is 3. The number of benzene rings is 6. The fourth-order valence-corrected chi connectivity index (χ4v) is 9.43. The summed E-state index contributed by atoms with van der Waals surface area (Å²) in [7, 11) is 0. The van der Waals surface area contributed by atoms with Gasteiger partial charge in [0.2, 0.25) is 0 Å². The van der Waals surface area contributed by atoms with Crippen LogP contribution in [0.2, 0.25) is 0 Å². The number of thioether (sulfide) groups is 1. The van der Waals surface area contributed by atoms with Crippen LogP contribution in [0.25, 0.3) is 33.4 Å². The van der Waals surface area contributed by atoms with E-state index in [9.17, 15) is 0 Å². The lowest BCUT2D eigenvalue weighted by Crippen LogP contribution is -2.20. The Morgan fingerprint density at radius 2 is 1.15 bits per heavy atom. The average molecular weight is 622 g/mol. The van der Waals surface area contributed by atoms with Gasteiger partial charge in [0.05, 0.1) is 5.69 Å². The third-order valence-electron chi connectivity index (χ3n) is 10.2. The van der Waals surface area contributed by atoms with E-state index in [1.54, 1.807) is 0 Å². The van der Waals surface area contributed by atoms with Crippen molar-refractivity contribution < 1.29 is 0 Å². The van der Waals surface area contributed by atoms with Crippen LogP contribution in [0.4, 0.5) is 17.1 Å². The van der Waals surface area contributed by atoms with Gasteiger partial charge in [-0.3, -0.25) is 0 Å². The molecule has 0 aromatic heterocycles. The molecule has 1 aliphatic heterocycles. The highest BCUT2D eigenvalue weighted by atomic mass is 32.2. The molecule has 6 aromatic rings. The van der Waals surface area contributed by atoms with E-state index in [4.69, 9.17) is 0 Å². The van der Waals surface area contributed by atoms with E-state index in [0.29, 0.717) is 11.2 Å². The Labute approximate surface area is 281 Å². The molecule has 1 nitrogen and oxygen atoms in total. The first-order chi connectivity index (χ1) is 23.1. The van der Waals surface area contributed by atoms with Crippen molar-refractivity contribution in [1.29, 1.82) is 0 Å². The van der Waals surface area contributed by atoms with E-state index in [1.807, 2.05) is 11.8 Å².